The summed E-state index contributed by atoms with van der Waals surface area (Å²) in [5, 5.41) is 25.9. The number of carboxylic acid groups (broad SMARTS) is 1. The van der Waals surface area contributed by atoms with Gasteiger partial charge in [0.15, 0.2) is 0 Å². The van der Waals surface area contributed by atoms with Crippen molar-refractivity contribution >= 4 is 39.2 Å². The lowest BCUT2D eigenvalue weighted by Crippen LogP contribution is -2.42. The first-order valence-corrected chi connectivity index (χ1v) is 12.7. The Hall–Kier alpha value is -3.58. The van der Waals surface area contributed by atoms with E-state index in [1.165, 1.54) is 0 Å². The number of aryl methyl sites for hydroxylation is 1. The van der Waals surface area contributed by atoms with Gasteiger partial charge in [0.2, 0.25) is 0 Å². The van der Waals surface area contributed by atoms with Crippen LogP contribution in [0.4, 0.5) is 5.69 Å². The lowest BCUT2D eigenvalue weighted by Gasteiger charge is -2.17. The summed E-state index contributed by atoms with van der Waals surface area (Å²) in [6.45, 7) is 7.96. The summed E-state index contributed by atoms with van der Waals surface area (Å²) in [6.07, 6.45) is 2.93. The van der Waals surface area contributed by atoms with Crippen LogP contribution in [-0.4, -0.2) is 28.1 Å². The SMILES string of the molecule is CC.CC/C=C(/Nc1ccc(CC(NC(=O)c2ccccc2Br)C(=O)O)cc1)c1c(C)cccc1O. The third kappa shape index (κ3) is 7.71. The number of amides is 1. The summed E-state index contributed by atoms with van der Waals surface area (Å²) in [7, 11) is 0. The molecule has 3 rings (SSSR count). The van der Waals surface area contributed by atoms with E-state index >= 15 is 0 Å². The van der Waals surface area contributed by atoms with Crippen LogP contribution in [-0.2, 0) is 11.2 Å². The van der Waals surface area contributed by atoms with Gasteiger partial charge in [-0.25, -0.2) is 4.79 Å². The lowest BCUT2D eigenvalue weighted by atomic mass is 10.0. The Balaban J connectivity index is 0.00000222. The predicted octanol–water partition coefficient (Wildman–Crippen LogP) is 6.78. The van der Waals surface area contributed by atoms with Gasteiger partial charge < -0.3 is 20.8 Å². The van der Waals surface area contributed by atoms with E-state index in [1.807, 2.05) is 64.1 Å². The number of aliphatic carboxylic acids is 1. The second kappa shape index (κ2) is 14.1. The van der Waals surface area contributed by atoms with E-state index in [4.69, 9.17) is 0 Å². The molecule has 1 unspecified atom stereocenters. The number of carbonyl (C=O) groups is 2. The van der Waals surface area contributed by atoms with Crippen molar-refractivity contribution in [2.75, 3.05) is 5.32 Å². The fraction of sp³-hybridized carbons (Fsp3) is 0.241. The molecule has 0 aliphatic carbocycles. The topological polar surface area (TPSA) is 98.7 Å². The summed E-state index contributed by atoms with van der Waals surface area (Å²) in [4.78, 5) is 24.3. The number of benzene rings is 3. The first kappa shape index (κ1) is 28.7. The molecule has 0 aliphatic rings. The maximum absolute atomic E-state index is 12.6. The van der Waals surface area contributed by atoms with E-state index in [0.717, 1.165) is 34.5 Å². The van der Waals surface area contributed by atoms with Crippen molar-refractivity contribution in [1.82, 2.24) is 5.32 Å². The van der Waals surface area contributed by atoms with Crippen molar-refractivity contribution in [2.45, 2.75) is 46.6 Å². The van der Waals surface area contributed by atoms with E-state index < -0.39 is 17.9 Å². The molecule has 0 radical (unpaired) electrons. The van der Waals surface area contributed by atoms with Gasteiger partial charge in [0.25, 0.3) is 5.91 Å². The molecule has 0 aliphatic heterocycles. The zero-order chi connectivity index (χ0) is 26.7. The van der Waals surface area contributed by atoms with Gasteiger partial charge in [-0.15, -0.1) is 0 Å². The molecule has 0 heterocycles. The van der Waals surface area contributed by atoms with Gasteiger partial charge in [-0.05, 0) is 70.7 Å². The standard InChI is InChI=1S/C27H27BrN2O4.C2H6/c1-3-7-22(25-17(2)8-6-11-24(25)31)29-19-14-12-18(13-15-19)16-23(27(33)34)30-26(32)20-9-4-5-10-21(20)28;1-2/h4-15,23,29,31H,3,16H2,1-2H3,(H,30,32)(H,33,34);1-2H3/b22-7+;. The monoisotopic (exact) mass is 552 g/mol. The van der Waals surface area contributed by atoms with Crippen molar-refractivity contribution in [1.29, 1.82) is 0 Å². The van der Waals surface area contributed by atoms with E-state index in [2.05, 4.69) is 26.6 Å². The van der Waals surface area contributed by atoms with Crippen molar-refractivity contribution in [3.8, 4) is 5.75 Å². The molecule has 4 N–H and O–H groups in total. The highest BCUT2D eigenvalue weighted by atomic mass is 79.9. The molecule has 0 aromatic heterocycles. The average molecular weight is 553 g/mol. The van der Waals surface area contributed by atoms with Crippen LogP contribution in [0, 0.1) is 6.92 Å². The van der Waals surface area contributed by atoms with Crippen LogP contribution in [0.3, 0.4) is 0 Å². The van der Waals surface area contributed by atoms with Gasteiger partial charge in [0.1, 0.15) is 11.8 Å². The van der Waals surface area contributed by atoms with Gasteiger partial charge in [-0.1, -0.05) is 63.2 Å². The molecule has 0 spiro atoms. The highest BCUT2D eigenvalue weighted by Crippen LogP contribution is 2.30. The van der Waals surface area contributed by atoms with Crippen LogP contribution in [0.5, 0.6) is 5.75 Å². The second-order valence-corrected chi connectivity index (χ2v) is 8.72. The molecular weight excluding hydrogens is 520 g/mol. The molecule has 36 heavy (non-hydrogen) atoms. The molecule has 0 saturated heterocycles. The van der Waals surface area contributed by atoms with Gasteiger partial charge in [0, 0.05) is 27.8 Å². The molecule has 0 fully saturated rings. The molecule has 0 saturated carbocycles. The molecule has 190 valence electrons. The Kier molecular flexibility index (Phi) is 11.2. The number of hydrogen-bond donors (Lipinski definition) is 4. The molecule has 1 amide bonds. The molecule has 3 aromatic carbocycles. The van der Waals surface area contributed by atoms with Crippen molar-refractivity contribution < 1.29 is 19.8 Å². The fourth-order valence-electron chi connectivity index (χ4n) is 3.62. The smallest absolute Gasteiger partial charge is 0.326 e. The normalized spacial score (nSPS) is 11.6. The number of phenolic OH excluding ortho intramolecular Hbond substituents is 1. The highest BCUT2D eigenvalue weighted by molar-refractivity contribution is 9.10. The minimum Gasteiger partial charge on any atom is -0.507 e. The van der Waals surface area contributed by atoms with Gasteiger partial charge in [0.05, 0.1) is 5.56 Å². The zero-order valence-electron chi connectivity index (χ0n) is 21.0. The second-order valence-electron chi connectivity index (χ2n) is 7.87. The quantitative estimate of drug-likeness (QED) is 0.234. The number of allylic oxidation sites excluding steroid dienone is 1. The number of hydrogen-bond acceptors (Lipinski definition) is 4. The number of carboxylic acids is 1. The Morgan fingerprint density at radius 1 is 1.00 bits per heavy atom. The number of anilines is 1. The van der Waals surface area contributed by atoms with E-state index in [1.54, 1.807) is 36.4 Å². The first-order valence-electron chi connectivity index (χ1n) is 11.9. The highest BCUT2D eigenvalue weighted by Gasteiger charge is 2.22. The number of phenols is 1. The third-order valence-corrected chi connectivity index (χ3v) is 6.01. The Labute approximate surface area is 221 Å². The maximum Gasteiger partial charge on any atom is 0.326 e. The molecule has 6 nitrogen and oxygen atoms in total. The molecule has 1 atom stereocenters. The van der Waals surface area contributed by atoms with Crippen LogP contribution < -0.4 is 10.6 Å². The summed E-state index contributed by atoms with van der Waals surface area (Å²) in [5.74, 6) is -1.36. The number of rotatable bonds is 9. The number of nitrogens with one attached hydrogen (secondary N) is 2. The molecular formula is C29H33BrN2O4. The van der Waals surface area contributed by atoms with Gasteiger partial charge in [-0.2, -0.15) is 0 Å². The first-order chi connectivity index (χ1) is 17.3. The van der Waals surface area contributed by atoms with Gasteiger partial charge >= 0.3 is 5.97 Å². The zero-order valence-corrected chi connectivity index (χ0v) is 22.6. The molecule has 0 bridgehead atoms. The predicted molar refractivity (Wildman–Crippen MR) is 149 cm³/mol. The van der Waals surface area contributed by atoms with Crippen LogP contribution in [0.2, 0.25) is 0 Å². The molecule has 7 heteroatoms. The largest absolute Gasteiger partial charge is 0.507 e. The van der Waals surface area contributed by atoms with Crippen LogP contribution in [0.1, 0.15) is 54.2 Å². The molecule has 3 aromatic rings. The number of carbonyl (C=O) groups excluding carboxylic acids is 1. The number of aromatic hydroxyl groups is 1. The summed E-state index contributed by atoms with van der Waals surface area (Å²) < 4.78 is 0.600. The summed E-state index contributed by atoms with van der Waals surface area (Å²) in [6, 6.07) is 18.5. The minimum absolute atomic E-state index is 0.141. The van der Waals surface area contributed by atoms with E-state index in [-0.39, 0.29) is 12.2 Å². The summed E-state index contributed by atoms with van der Waals surface area (Å²) >= 11 is 3.32. The Morgan fingerprint density at radius 3 is 2.25 bits per heavy atom. The Bertz CT molecular complexity index is 1190. The van der Waals surface area contributed by atoms with Crippen molar-refractivity contribution in [3.05, 3.63) is 99.5 Å². The Morgan fingerprint density at radius 2 is 1.67 bits per heavy atom. The van der Waals surface area contributed by atoms with Gasteiger partial charge in [-0.3, -0.25) is 4.79 Å². The van der Waals surface area contributed by atoms with Crippen molar-refractivity contribution in [2.24, 2.45) is 0 Å². The summed E-state index contributed by atoms with van der Waals surface area (Å²) in [5.41, 5.74) is 4.45. The van der Waals surface area contributed by atoms with E-state index in [9.17, 15) is 19.8 Å². The van der Waals surface area contributed by atoms with Crippen LogP contribution in [0.15, 0.2) is 77.3 Å². The lowest BCUT2D eigenvalue weighted by molar-refractivity contribution is -0.139. The number of halogens is 1. The fourth-order valence-corrected chi connectivity index (χ4v) is 4.08. The third-order valence-electron chi connectivity index (χ3n) is 5.32. The maximum atomic E-state index is 12.6. The van der Waals surface area contributed by atoms with Crippen LogP contribution >= 0.6 is 15.9 Å². The minimum atomic E-state index is -1.11. The van der Waals surface area contributed by atoms with Crippen molar-refractivity contribution in [3.63, 3.8) is 0 Å². The average Bonchev–Trinajstić information content (AvgIpc) is 2.86. The van der Waals surface area contributed by atoms with E-state index in [0.29, 0.717) is 10.0 Å². The van der Waals surface area contributed by atoms with Crippen LogP contribution in [0.25, 0.3) is 5.70 Å².